The van der Waals surface area contributed by atoms with Crippen LogP contribution in [0.2, 0.25) is 0 Å². The van der Waals surface area contributed by atoms with E-state index in [2.05, 4.69) is 33.0 Å². The molecule has 1 aromatic carbocycles. The second-order valence-corrected chi connectivity index (χ2v) is 8.29. The number of benzene rings is 1. The first-order valence-electron chi connectivity index (χ1n) is 7.55. The number of halogens is 2. The number of hydrogen-bond acceptors (Lipinski definition) is 3. The molecule has 0 atom stereocenters. The summed E-state index contributed by atoms with van der Waals surface area (Å²) in [6.07, 6.45) is 0. The summed E-state index contributed by atoms with van der Waals surface area (Å²) in [5.74, 6) is -0.403. The topological polar surface area (TPSA) is 23.6 Å². The van der Waals surface area contributed by atoms with Crippen LogP contribution in [-0.4, -0.2) is 41.9 Å². The fourth-order valence-electron chi connectivity index (χ4n) is 2.67. The molecule has 1 aromatic heterocycles. The fraction of sp³-hybridized carbons (Fsp3) is 0.353. The van der Waals surface area contributed by atoms with Crippen LogP contribution in [0.4, 0.5) is 4.39 Å². The molecule has 6 heteroatoms. The zero-order valence-corrected chi connectivity index (χ0v) is 15.3. The molecule has 122 valence electrons. The Bertz CT molecular complexity index is 710. The molecule has 1 fully saturated rings. The largest absolute Gasteiger partial charge is 0.336 e. The second kappa shape index (κ2) is 7.11. The smallest absolute Gasteiger partial charge is 0.254 e. The molecule has 0 bridgehead atoms. The van der Waals surface area contributed by atoms with Crippen LogP contribution in [-0.2, 0) is 6.54 Å². The molecule has 23 heavy (non-hydrogen) atoms. The number of thiophene rings is 1. The number of nitrogens with zero attached hydrogens (tertiary/aromatic N) is 2. The van der Waals surface area contributed by atoms with Gasteiger partial charge >= 0.3 is 0 Å². The van der Waals surface area contributed by atoms with Crippen molar-refractivity contribution in [3.63, 3.8) is 0 Å². The van der Waals surface area contributed by atoms with E-state index < -0.39 is 0 Å². The normalized spacial score (nSPS) is 15.9. The quantitative estimate of drug-likeness (QED) is 0.784. The van der Waals surface area contributed by atoms with Crippen molar-refractivity contribution in [2.45, 2.75) is 13.5 Å². The van der Waals surface area contributed by atoms with E-state index in [0.29, 0.717) is 24.2 Å². The Morgan fingerprint density at radius 1 is 1.22 bits per heavy atom. The summed E-state index contributed by atoms with van der Waals surface area (Å²) in [5, 5.41) is 0. The minimum absolute atomic E-state index is 0.0811. The summed E-state index contributed by atoms with van der Waals surface area (Å²) < 4.78 is 14.8. The van der Waals surface area contributed by atoms with Gasteiger partial charge in [-0.05, 0) is 52.7 Å². The Morgan fingerprint density at radius 3 is 2.57 bits per heavy atom. The van der Waals surface area contributed by atoms with Crippen LogP contribution in [0.15, 0.2) is 34.1 Å². The minimum atomic E-state index is -0.322. The first-order chi connectivity index (χ1) is 11.0. The van der Waals surface area contributed by atoms with Gasteiger partial charge in [0.15, 0.2) is 0 Å². The van der Waals surface area contributed by atoms with Gasteiger partial charge in [0.25, 0.3) is 5.91 Å². The van der Waals surface area contributed by atoms with Gasteiger partial charge in [-0.25, -0.2) is 4.39 Å². The molecule has 0 N–H and O–H groups in total. The summed E-state index contributed by atoms with van der Waals surface area (Å²) in [6, 6.07) is 8.89. The van der Waals surface area contributed by atoms with Crippen LogP contribution < -0.4 is 0 Å². The number of carbonyl (C=O) groups is 1. The molecule has 2 heterocycles. The van der Waals surface area contributed by atoms with E-state index in [9.17, 15) is 9.18 Å². The Labute approximate surface area is 147 Å². The van der Waals surface area contributed by atoms with E-state index in [1.54, 1.807) is 30.4 Å². The first-order valence-corrected chi connectivity index (χ1v) is 9.16. The Morgan fingerprint density at radius 2 is 1.96 bits per heavy atom. The molecule has 1 aliphatic rings. The van der Waals surface area contributed by atoms with E-state index >= 15 is 0 Å². The zero-order valence-electron chi connectivity index (χ0n) is 12.9. The highest BCUT2D eigenvalue weighted by Gasteiger charge is 2.22. The van der Waals surface area contributed by atoms with Crippen molar-refractivity contribution in [3.05, 3.63) is 55.9 Å². The number of amides is 1. The monoisotopic (exact) mass is 396 g/mol. The van der Waals surface area contributed by atoms with Gasteiger partial charge in [-0.15, -0.1) is 11.3 Å². The third kappa shape index (κ3) is 4.00. The van der Waals surface area contributed by atoms with Crippen LogP contribution in [0.25, 0.3) is 0 Å². The van der Waals surface area contributed by atoms with E-state index in [1.165, 1.54) is 10.9 Å². The average molecular weight is 397 g/mol. The Hall–Kier alpha value is -1.24. The molecular formula is C17H18BrFN2OS. The average Bonchev–Trinajstić information content (AvgIpc) is 2.95. The maximum Gasteiger partial charge on any atom is 0.254 e. The van der Waals surface area contributed by atoms with E-state index in [-0.39, 0.29) is 11.7 Å². The Kier molecular flexibility index (Phi) is 5.14. The molecule has 1 amide bonds. The lowest BCUT2D eigenvalue weighted by atomic mass is 10.1. The van der Waals surface area contributed by atoms with Crippen molar-refractivity contribution >= 4 is 33.2 Å². The van der Waals surface area contributed by atoms with Gasteiger partial charge in [-0.3, -0.25) is 9.69 Å². The molecule has 1 aliphatic heterocycles. The SMILES string of the molecule is Cc1ccc(C(=O)N2CCN(Cc3ccc(Br)s3)CC2)cc1F. The van der Waals surface area contributed by atoms with Crippen LogP contribution in [0.1, 0.15) is 20.8 Å². The maximum atomic E-state index is 13.6. The number of rotatable bonds is 3. The lowest BCUT2D eigenvalue weighted by molar-refractivity contribution is 0.0629. The van der Waals surface area contributed by atoms with Crippen molar-refractivity contribution in [2.24, 2.45) is 0 Å². The van der Waals surface area contributed by atoms with E-state index in [1.807, 2.05) is 4.90 Å². The maximum absolute atomic E-state index is 13.6. The highest BCUT2D eigenvalue weighted by atomic mass is 79.9. The number of piperazine rings is 1. The van der Waals surface area contributed by atoms with Gasteiger partial charge < -0.3 is 4.90 Å². The summed E-state index contributed by atoms with van der Waals surface area (Å²) in [5.41, 5.74) is 0.997. The number of carbonyl (C=O) groups excluding carboxylic acids is 1. The van der Waals surface area contributed by atoms with Crippen LogP contribution in [0.5, 0.6) is 0 Å². The third-order valence-corrected chi connectivity index (χ3v) is 5.69. The summed E-state index contributed by atoms with van der Waals surface area (Å²) in [6.45, 7) is 5.66. The summed E-state index contributed by atoms with van der Waals surface area (Å²) in [7, 11) is 0. The van der Waals surface area contributed by atoms with Crippen LogP contribution in [0, 0.1) is 12.7 Å². The van der Waals surface area contributed by atoms with Gasteiger partial charge in [-0.2, -0.15) is 0 Å². The van der Waals surface area contributed by atoms with Gasteiger partial charge in [0.05, 0.1) is 3.79 Å². The molecule has 0 aliphatic carbocycles. The molecule has 2 aromatic rings. The van der Waals surface area contributed by atoms with Crippen LogP contribution >= 0.6 is 27.3 Å². The molecule has 0 saturated carbocycles. The molecule has 1 saturated heterocycles. The first kappa shape index (κ1) is 16.6. The highest BCUT2D eigenvalue weighted by Crippen LogP contribution is 2.23. The van der Waals surface area contributed by atoms with Crippen molar-refractivity contribution < 1.29 is 9.18 Å². The zero-order chi connectivity index (χ0) is 16.4. The molecule has 3 nitrogen and oxygen atoms in total. The Balaban J connectivity index is 1.57. The molecule has 0 spiro atoms. The molecule has 0 unspecified atom stereocenters. The van der Waals surface area contributed by atoms with Crippen molar-refractivity contribution in [1.82, 2.24) is 9.80 Å². The van der Waals surface area contributed by atoms with Gasteiger partial charge in [-0.1, -0.05) is 6.07 Å². The van der Waals surface area contributed by atoms with Crippen molar-refractivity contribution in [3.8, 4) is 0 Å². The van der Waals surface area contributed by atoms with Gasteiger partial charge in [0, 0.05) is 43.2 Å². The molecule has 3 rings (SSSR count). The second-order valence-electron chi connectivity index (χ2n) is 5.74. The predicted octanol–water partition coefficient (Wildman–Crippen LogP) is 3.92. The highest BCUT2D eigenvalue weighted by molar-refractivity contribution is 9.11. The molecule has 0 radical (unpaired) electrons. The van der Waals surface area contributed by atoms with Crippen molar-refractivity contribution in [1.29, 1.82) is 0 Å². The molecular weight excluding hydrogens is 379 g/mol. The van der Waals surface area contributed by atoms with E-state index in [0.717, 1.165) is 23.4 Å². The van der Waals surface area contributed by atoms with Gasteiger partial charge in [0.2, 0.25) is 0 Å². The standard InChI is InChI=1S/C17H18BrFN2OS/c1-12-2-3-13(10-15(12)19)17(22)21-8-6-20(7-9-21)11-14-4-5-16(18)23-14/h2-5,10H,6-9,11H2,1H3. The van der Waals surface area contributed by atoms with Gasteiger partial charge in [0.1, 0.15) is 5.82 Å². The number of hydrogen-bond donors (Lipinski definition) is 0. The number of aryl methyl sites for hydroxylation is 1. The van der Waals surface area contributed by atoms with Crippen LogP contribution in [0.3, 0.4) is 0 Å². The predicted molar refractivity (Wildman–Crippen MR) is 94.3 cm³/mol. The lowest BCUT2D eigenvalue weighted by Gasteiger charge is -2.34. The third-order valence-electron chi connectivity index (χ3n) is 4.09. The minimum Gasteiger partial charge on any atom is -0.336 e. The lowest BCUT2D eigenvalue weighted by Crippen LogP contribution is -2.48. The summed E-state index contributed by atoms with van der Waals surface area (Å²) in [4.78, 5) is 17.9. The van der Waals surface area contributed by atoms with Crippen molar-refractivity contribution in [2.75, 3.05) is 26.2 Å². The van der Waals surface area contributed by atoms with E-state index in [4.69, 9.17) is 0 Å². The summed E-state index contributed by atoms with van der Waals surface area (Å²) >= 11 is 5.22. The fourth-order valence-corrected chi connectivity index (χ4v) is 4.20.